The number of carbonyl (C=O) groups is 2. The second-order valence-corrected chi connectivity index (χ2v) is 11.4. The van der Waals surface area contributed by atoms with E-state index in [2.05, 4.69) is 58.9 Å². The average molecular weight is 583 g/mol. The van der Waals surface area contributed by atoms with Gasteiger partial charge >= 0.3 is 5.97 Å². The Bertz CT molecular complexity index is 1530. The van der Waals surface area contributed by atoms with E-state index in [1.54, 1.807) is 50.2 Å². The highest BCUT2D eigenvalue weighted by molar-refractivity contribution is 5.94. The van der Waals surface area contributed by atoms with E-state index in [-0.39, 0.29) is 11.8 Å². The minimum absolute atomic E-state index is 0.0143. The van der Waals surface area contributed by atoms with Crippen LogP contribution in [0.25, 0.3) is 0 Å². The van der Waals surface area contributed by atoms with Crippen molar-refractivity contribution in [3.63, 3.8) is 0 Å². The molecule has 0 aromatic heterocycles. The van der Waals surface area contributed by atoms with Crippen molar-refractivity contribution in [2.45, 2.75) is 13.8 Å². The SMILES string of the molecule is CCOC(=O)c1ccc(C#Cc2cc(OCC[N+](C)(C)C)c(C#Cc3ccc(C(C)=O)cc3)cc2OCC[NH+](C)C)cc1. The van der Waals surface area contributed by atoms with Crippen molar-refractivity contribution in [3.8, 4) is 35.2 Å². The summed E-state index contributed by atoms with van der Waals surface area (Å²) < 4.78 is 18.3. The number of hydrogen-bond acceptors (Lipinski definition) is 5. The number of hydrogen-bond donors (Lipinski definition) is 1. The van der Waals surface area contributed by atoms with Crippen LogP contribution >= 0.6 is 0 Å². The molecule has 0 unspecified atom stereocenters. The summed E-state index contributed by atoms with van der Waals surface area (Å²) in [7, 11) is 10.5. The Morgan fingerprint density at radius 2 is 1.23 bits per heavy atom. The van der Waals surface area contributed by atoms with Crippen LogP contribution < -0.4 is 14.4 Å². The molecule has 7 heteroatoms. The molecule has 3 aromatic carbocycles. The van der Waals surface area contributed by atoms with E-state index in [4.69, 9.17) is 14.2 Å². The standard InChI is InChI=1S/C36H41N2O5/c1-8-41-36(40)31-17-11-29(12-18-31)14-19-32-26-35(43-24-22-38(5,6)7)33(25-34(32)42-23-21-37(3)4)20-13-28-9-15-30(16-10-28)27(2)39/h9-12,15-18,25-26H,8,21-24H2,1-7H3/q+1/p+1. The van der Waals surface area contributed by atoms with Gasteiger partial charge in [-0.15, -0.1) is 0 Å². The van der Waals surface area contributed by atoms with Crippen LogP contribution in [0.4, 0.5) is 0 Å². The molecule has 0 aliphatic rings. The number of quaternary nitrogens is 2. The summed E-state index contributed by atoms with van der Waals surface area (Å²) in [5.74, 6) is 13.8. The van der Waals surface area contributed by atoms with E-state index in [0.717, 1.165) is 28.7 Å². The molecule has 0 bridgehead atoms. The first kappa shape index (κ1) is 32.9. The van der Waals surface area contributed by atoms with Crippen LogP contribution in [0.1, 0.15) is 56.8 Å². The summed E-state index contributed by atoms with van der Waals surface area (Å²) >= 11 is 0. The van der Waals surface area contributed by atoms with Crippen molar-refractivity contribution in [3.05, 3.63) is 94.0 Å². The van der Waals surface area contributed by atoms with Gasteiger partial charge in [-0.3, -0.25) is 4.79 Å². The van der Waals surface area contributed by atoms with E-state index in [1.807, 2.05) is 24.3 Å². The maximum atomic E-state index is 12.0. The van der Waals surface area contributed by atoms with Crippen LogP contribution in [-0.4, -0.2) is 84.4 Å². The molecular weight excluding hydrogens is 540 g/mol. The monoisotopic (exact) mass is 582 g/mol. The number of carbonyl (C=O) groups excluding carboxylic acids is 2. The molecule has 0 spiro atoms. The Kier molecular flexibility index (Phi) is 12.0. The molecule has 43 heavy (non-hydrogen) atoms. The summed E-state index contributed by atoms with van der Waals surface area (Å²) in [6.45, 7) is 6.27. The summed E-state index contributed by atoms with van der Waals surface area (Å²) in [5, 5.41) is 0. The van der Waals surface area contributed by atoms with Crippen molar-refractivity contribution >= 4 is 11.8 Å². The van der Waals surface area contributed by atoms with Gasteiger partial charge in [-0.2, -0.15) is 0 Å². The van der Waals surface area contributed by atoms with Crippen molar-refractivity contribution in [1.82, 2.24) is 0 Å². The van der Waals surface area contributed by atoms with Gasteiger partial charge in [0.2, 0.25) is 0 Å². The number of esters is 1. The van der Waals surface area contributed by atoms with Crippen LogP contribution in [0.2, 0.25) is 0 Å². The summed E-state index contributed by atoms with van der Waals surface area (Å²) in [6.07, 6.45) is 0. The fourth-order valence-corrected chi connectivity index (χ4v) is 3.76. The number of rotatable bonds is 11. The van der Waals surface area contributed by atoms with Crippen LogP contribution in [0.15, 0.2) is 60.7 Å². The van der Waals surface area contributed by atoms with Crippen LogP contribution in [0, 0.1) is 23.7 Å². The third-order valence-corrected chi connectivity index (χ3v) is 6.33. The van der Waals surface area contributed by atoms with Crippen molar-refractivity contribution < 1.29 is 33.2 Å². The van der Waals surface area contributed by atoms with E-state index < -0.39 is 0 Å². The molecule has 0 amide bonds. The van der Waals surface area contributed by atoms with Crippen LogP contribution in [-0.2, 0) is 4.74 Å². The summed E-state index contributed by atoms with van der Waals surface area (Å²) in [5.41, 5.74) is 4.04. The Morgan fingerprint density at radius 3 is 1.67 bits per heavy atom. The summed E-state index contributed by atoms with van der Waals surface area (Å²) in [6, 6.07) is 18.0. The van der Waals surface area contributed by atoms with Crippen LogP contribution in [0.3, 0.4) is 0 Å². The van der Waals surface area contributed by atoms with Gasteiger partial charge in [-0.1, -0.05) is 35.8 Å². The first-order valence-electron chi connectivity index (χ1n) is 14.4. The molecule has 224 valence electrons. The average Bonchev–Trinajstić information content (AvgIpc) is 2.95. The van der Waals surface area contributed by atoms with Crippen LogP contribution in [0.5, 0.6) is 11.5 Å². The second-order valence-electron chi connectivity index (χ2n) is 11.4. The number of Topliss-reactive ketones (excluding diaryl/α,β-unsaturated/α-hetero) is 1. The number of ether oxygens (including phenoxy) is 3. The number of ketones is 1. The maximum Gasteiger partial charge on any atom is 0.338 e. The molecule has 0 aliphatic carbocycles. The van der Waals surface area contributed by atoms with Crippen molar-refractivity contribution in [2.24, 2.45) is 0 Å². The highest BCUT2D eigenvalue weighted by Crippen LogP contribution is 2.29. The smallest absolute Gasteiger partial charge is 0.338 e. The van der Waals surface area contributed by atoms with Gasteiger partial charge in [0.1, 0.15) is 37.8 Å². The first-order chi connectivity index (χ1) is 20.4. The van der Waals surface area contributed by atoms with E-state index in [0.29, 0.717) is 53.6 Å². The molecule has 7 nitrogen and oxygen atoms in total. The van der Waals surface area contributed by atoms with Crippen molar-refractivity contribution in [2.75, 3.05) is 68.1 Å². The largest absolute Gasteiger partial charge is 0.486 e. The van der Waals surface area contributed by atoms with Gasteiger partial charge in [0, 0.05) is 28.8 Å². The van der Waals surface area contributed by atoms with Gasteiger partial charge in [0.15, 0.2) is 5.78 Å². The highest BCUT2D eigenvalue weighted by atomic mass is 16.5. The molecule has 0 heterocycles. The molecule has 0 fully saturated rings. The molecule has 1 N–H and O–H groups in total. The molecule has 0 radical (unpaired) electrons. The maximum absolute atomic E-state index is 12.0. The fourth-order valence-electron chi connectivity index (χ4n) is 3.76. The predicted molar refractivity (Wildman–Crippen MR) is 169 cm³/mol. The zero-order valence-corrected chi connectivity index (χ0v) is 26.3. The van der Waals surface area contributed by atoms with Gasteiger partial charge in [0.25, 0.3) is 0 Å². The number of benzene rings is 3. The zero-order valence-electron chi connectivity index (χ0n) is 26.3. The van der Waals surface area contributed by atoms with Gasteiger partial charge in [-0.05, 0) is 50.2 Å². The number of nitrogens with one attached hydrogen (secondary N) is 1. The first-order valence-corrected chi connectivity index (χ1v) is 14.4. The Balaban J connectivity index is 2.02. The van der Waals surface area contributed by atoms with Crippen molar-refractivity contribution in [1.29, 1.82) is 0 Å². The third kappa shape index (κ3) is 11.0. The normalized spacial score (nSPS) is 10.7. The molecular formula is C36H42N2O5+2. The topological polar surface area (TPSA) is 66.3 Å². The predicted octanol–water partition coefficient (Wildman–Crippen LogP) is 3.47. The fraction of sp³-hybridized carbons (Fsp3) is 0.333. The van der Waals surface area contributed by atoms with E-state index >= 15 is 0 Å². The number of likely N-dealkylation sites (N-methyl/N-ethyl adjacent to an activating group) is 2. The lowest BCUT2D eigenvalue weighted by Crippen LogP contribution is -3.06. The van der Waals surface area contributed by atoms with Gasteiger partial charge in [-0.25, -0.2) is 4.79 Å². The highest BCUT2D eigenvalue weighted by Gasteiger charge is 2.14. The van der Waals surface area contributed by atoms with Gasteiger partial charge < -0.3 is 23.6 Å². The molecule has 0 aliphatic heterocycles. The minimum Gasteiger partial charge on any atom is -0.486 e. The Hall–Kier alpha value is -4.56. The van der Waals surface area contributed by atoms with Gasteiger partial charge in [0.05, 0.1) is 58.5 Å². The Labute approximate surface area is 256 Å². The third-order valence-electron chi connectivity index (χ3n) is 6.33. The molecule has 0 saturated carbocycles. The quantitative estimate of drug-likeness (QED) is 0.162. The lowest BCUT2D eigenvalue weighted by atomic mass is 10.1. The molecule has 3 rings (SSSR count). The van der Waals surface area contributed by atoms with E-state index in [1.165, 1.54) is 4.90 Å². The lowest BCUT2D eigenvalue weighted by Gasteiger charge is -2.24. The van der Waals surface area contributed by atoms with E-state index in [9.17, 15) is 9.59 Å². The minimum atomic E-state index is -0.358. The summed E-state index contributed by atoms with van der Waals surface area (Å²) in [4.78, 5) is 24.9. The molecule has 3 aromatic rings. The Morgan fingerprint density at radius 1 is 0.744 bits per heavy atom. The molecule has 0 atom stereocenters. The lowest BCUT2D eigenvalue weighted by molar-refractivity contribution is -0.870. The second kappa shape index (κ2) is 15.6. The zero-order chi connectivity index (χ0) is 31.4. The molecule has 0 saturated heterocycles. The number of nitrogens with zero attached hydrogens (tertiary/aromatic N) is 1.